The highest BCUT2D eigenvalue weighted by Gasteiger charge is 2.19. The predicted octanol–water partition coefficient (Wildman–Crippen LogP) is 3.34. The number of pyridine rings is 1. The van der Waals surface area contributed by atoms with Crippen LogP contribution < -0.4 is 10.6 Å². The van der Waals surface area contributed by atoms with Gasteiger partial charge in [0.25, 0.3) is 0 Å². The summed E-state index contributed by atoms with van der Waals surface area (Å²) in [7, 11) is 0. The standard InChI is InChI=1S/C21H27N3O2S/c1-3-4-6-17-8-10-19(11-9-17)27-15-20(24-16(2)25)21(26)23-14-18-7-5-12-22-13-18/h5,7-13,20H,3-4,6,14-15H2,1-2H3,(H,23,26)(H,24,25). The van der Waals surface area contributed by atoms with Crippen LogP contribution in [0.1, 0.15) is 37.8 Å². The molecule has 2 N–H and O–H groups in total. The summed E-state index contributed by atoms with van der Waals surface area (Å²) in [6, 6.07) is 11.6. The molecule has 1 aromatic carbocycles. The molecule has 27 heavy (non-hydrogen) atoms. The molecule has 0 saturated carbocycles. The van der Waals surface area contributed by atoms with Crippen LogP contribution in [0.2, 0.25) is 0 Å². The maximum Gasteiger partial charge on any atom is 0.243 e. The number of carbonyl (C=O) groups excluding carboxylic acids is 2. The molecule has 6 heteroatoms. The van der Waals surface area contributed by atoms with Crippen LogP contribution in [0.25, 0.3) is 0 Å². The third kappa shape index (κ3) is 7.83. The number of amides is 2. The number of unbranched alkanes of at least 4 members (excludes halogenated alkanes) is 1. The number of hydrogen-bond acceptors (Lipinski definition) is 4. The van der Waals surface area contributed by atoms with E-state index in [1.807, 2.05) is 12.1 Å². The van der Waals surface area contributed by atoms with Gasteiger partial charge in [-0.3, -0.25) is 14.6 Å². The van der Waals surface area contributed by atoms with Crippen LogP contribution in [-0.2, 0) is 22.6 Å². The second kappa shape index (κ2) is 11.4. The molecule has 1 heterocycles. The van der Waals surface area contributed by atoms with Gasteiger partial charge in [-0.2, -0.15) is 0 Å². The van der Waals surface area contributed by atoms with Crippen LogP contribution in [0.5, 0.6) is 0 Å². The number of rotatable bonds is 10. The molecule has 2 amide bonds. The van der Waals surface area contributed by atoms with E-state index in [4.69, 9.17) is 0 Å². The Morgan fingerprint density at radius 1 is 1.15 bits per heavy atom. The van der Waals surface area contributed by atoms with Gasteiger partial charge in [-0.15, -0.1) is 11.8 Å². The highest BCUT2D eigenvalue weighted by atomic mass is 32.2. The molecule has 0 spiro atoms. The van der Waals surface area contributed by atoms with Crippen molar-refractivity contribution in [3.63, 3.8) is 0 Å². The van der Waals surface area contributed by atoms with E-state index in [1.54, 1.807) is 24.2 Å². The zero-order valence-corrected chi connectivity index (χ0v) is 16.7. The average molecular weight is 386 g/mol. The second-order valence-corrected chi connectivity index (χ2v) is 7.48. The number of aromatic nitrogens is 1. The summed E-state index contributed by atoms with van der Waals surface area (Å²) in [5, 5.41) is 5.60. The smallest absolute Gasteiger partial charge is 0.243 e. The van der Waals surface area contributed by atoms with Gasteiger partial charge in [-0.05, 0) is 42.2 Å². The zero-order valence-electron chi connectivity index (χ0n) is 15.9. The summed E-state index contributed by atoms with van der Waals surface area (Å²) in [5.41, 5.74) is 2.25. The number of hydrogen-bond donors (Lipinski definition) is 2. The van der Waals surface area contributed by atoms with Gasteiger partial charge >= 0.3 is 0 Å². The Labute approximate surface area is 165 Å². The van der Waals surface area contributed by atoms with E-state index in [9.17, 15) is 9.59 Å². The molecule has 1 atom stereocenters. The fourth-order valence-electron chi connectivity index (χ4n) is 2.56. The van der Waals surface area contributed by atoms with Crippen molar-refractivity contribution in [3.8, 4) is 0 Å². The van der Waals surface area contributed by atoms with Crippen molar-refractivity contribution in [2.24, 2.45) is 0 Å². The number of nitrogens with zero attached hydrogens (tertiary/aromatic N) is 1. The first-order valence-electron chi connectivity index (χ1n) is 9.24. The average Bonchev–Trinajstić information content (AvgIpc) is 2.69. The van der Waals surface area contributed by atoms with Crippen LogP contribution in [-0.4, -0.2) is 28.6 Å². The maximum absolute atomic E-state index is 12.5. The fraction of sp³-hybridized carbons (Fsp3) is 0.381. The van der Waals surface area contributed by atoms with Crippen LogP contribution in [0.15, 0.2) is 53.7 Å². The third-order valence-corrected chi connectivity index (χ3v) is 5.15. The van der Waals surface area contributed by atoms with Crippen molar-refractivity contribution in [3.05, 3.63) is 59.9 Å². The van der Waals surface area contributed by atoms with E-state index in [0.29, 0.717) is 12.3 Å². The molecule has 2 rings (SSSR count). The molecule has 0 fully saturated rings. The lowest BCUT2D eigenvalue weighted by Gasteiger charge is -2.17. The van der Waals surface area contributed by atoms with E-state index >= 15 is 0 Å². The SMILES string of the molecule is CCCCc1ccc(SCC(NC(C)=O)C(=O)NCc2cccnc2)cc1. The Hall–Kier alpha value is -2.34. The van der Waals surface area contributed by atoms with E-state index in [-0.39, 0.29) is 11.8 Å². The molecule has 1 unspecified atom stereocenters. The van der Waals surface area contributed by atoms with E-state index in [1.165, 1.54) is 25.3 Å². The minimum atomic E-state index is -0.580. The fourth-order valence-corrected chi connectivity index (χ4v) is 3.48. The number of nitrogens with one attached hydrogen (secondary N) is 2. The molecule has 0 radical (unpaired) electrons. The van der Waals surface area contributed by atoms with Gasteiger partial charge in [-0.1, -0.05) is 31.5 Å². The van der Waals surface area contributed by atoms with Crippen molar-refractivity contribution < 1.29 is 9.59 Å². The summed E-state index contributed by atoms with van der Waals surface area (Å²) in [5.74, 6) is 0.0698. The molecule has 144 valence electrons. The van der Waals surface area contributed by atoms with Crippen LogP contribution in [0, 0.1) is 0 Å². The molecule has 0 saturated heterocycles. The van der Waals surface area contributed by atoms with E-state index < -0.39 is 6.04 Å². The number of aryl methyl sites for hydroxylation is 1. The lowest BCUT2D eigenvalue weighted by atomic mass is 10.1. The minimum Gasteiger partial charge on any atom is -0.350 e. The monoisotopic (exact) mass is 385 g/mol. The lowest BCUT2D eigenvalue weighted by molar-refractivity contribution is -0.127. The predicted molar refractivity (Wildman–Crippen MR) is 109 cm³/mol. The summed E-state index contributed by atoms with van der Waals surface area (Å²) < 4.78 is 0. The first kappa shape index (κ1) is 21.0. The van der Waals surface area contributed by atoms with Gasteiger partial charge in [0.2, 0.25) is 11.8 Å². The Kier molecular flexibility index (Phi) is 8.84. The first-order chi connectivity index (χ1) is 13.1. The molecule has 0 aliphatic rings. The highest BCUT2D eigenvalue weighted by Crippen LogP contribution is 2.20. The largest absolute Gasteiger partial charge is 0.350 e. The Balaban J connectivity index is 1.89. The quantitative estimate of drug-likeness (QED) is 0.616. The van der Waals surface area contributed by atoms with Gasteiger partial charge in [0, 0.05) is 36.5 Å². The summed E-state index contributed by atoms with van der Waals surface area (Å²) in [6.07, 6.45) is 6.86. The first-order valence-corrected chi connectivity index (χ1v) is 10.2. The Morgan fingerprint density at radius 2 is 1.93 bits per heavy atom. The third-order valence-electron chi connectivity index (χ3n) is 4.04. The Morgan fingerprint density at radius 3 is 2.56 bits per heavy atom. The Bertz CT molecular complexity index is 720. The lowest BCUT2D eigenvalue weighted by Crippen LogP contribution is -2.47. The van der Waals surface area contributed by atoms with Crippen molar-refractivity contribution in [1.82, 2.24) is 15.6 Å². The molecule has 0 aliphatic carbocycles. The molecule has 0 bridgehead atoms. The molecule has 5 nitrogen and oxygen atoms in total. The van der Waals surface area contributed by atoms with Gasteiger partial charge < -0.3 is 10.6 Å². The van der Waals surface area contributed by atoms with Gasteiger partial charge in [0.05, 0.1) is 0 Å². The van der Waals surface area contributed by atoms with Crippen LogP contribution in [0.3, 0.4) is 0 Å². The van der Waals surface area contributed by atoms with Gasteiger partial charge in [0.15, 0.2) is 0 Å². The summed E-state index contributed by atoms with van der Waals surface area (Å²) in [6.45, 7) is 4.00. The molecular weight excluding hydrogens is 358 g/mol. The molecule has 0 aliphatic heterocycles. The van der Waals surface area contributed by atoms with Crippen molar-refractivity contribution >= 4 is 23.6 Å². The second-order valence-electron chi connectivity index (χ2n) is 6.39. The van der Waals surface area contributed by atoms with Crippen LogP contribution in [0.4, 0.5) is 0 Å². The summed E-state index contributed by atoms with van der Waals surface area (Å²) in [4.78, 5) is 29.1. The van der Waals surface area contributed by atoms with E-state index in [2.05, 4.69) is 46.8 Å². The minimum absolute atomic E-state index is 0.193. The normalized spacial score (nSPS) is 11.6. The van der Waals surface area contributed by atoms with E-state index in [0.717, 1.165) is 16.9 Å². The van der Waals surface area contributed by atoms with Crippen molar-refractivity contribution in [2.45, 2.75) is 50.6 Å². The van der Waals surface area contributed by atoms with Crippen molar-refractivity contribution in [2.75, 3.05) is 5.75 Å². The number of thioether (sulfide) groups is 1. The number of benzene rings is 1. The highest BCUT2D eigenvalue weighted by molar-refractivity contribution is 7.99. The number of carbonyl (C=O) groups is 2. The maximum atomic E-state index is 12.5. The molecular formula is C21H27N3O2S. The summed E-state index contributed by atoms with van der Waals surface area (Å²) >= 11 is 1.57. The van der Waals surface area contributed by atoms with Crippen molar-refractivity contribution in [1.29, 1.82) is 0 Å². The van der Waals surface area contributed by atoms with Gasteiger partial charge in [0.1, 0.15) is 6.04 Å². The van der Waals surface area contributed by atoms with Gasteiger partial charge in [-0.25, -0.2) is 0 Å². The zero-order chi connectivity index (χ0) is 19.5. The van der Waals surface area contributed by atoms with Crippen LogP contribution >= 0.6 is 11.8 Å². The molecule has 1 aromatic heterocycles. The topological polar surface area (TPSA) is 71.1 Å². The molecule has 2 aromatic rings.